The van der Waals surface area contributed by atoms with Gasteiger partial charge in [0.15, 0.2) is 0 Å². The van der Waals surface area contributed by atoms with Crippen molar-refractivity contribution < 1.29 is 19.2 Å². The van der Waals surface area contributed by atoms with E-state index >= 15 is 0 Å². The van der Waals surface area contributed by atoms with E-state index < -0.39 is 16.6 Å². The molecule has 0 aliphatic heterocycles. The van der Waals surface area contributed by atoms with Crippen LogP contribution in [0, 0.1) is 10.1 Å². The zero-order valence-electron chi connectivity index (χ0n) is 17.7. The van der Waals surface area contributed by atoms with Gasteiger partial charge in [0.2, 0.25) is 11.7 Å². The number of carbonyl (C=O) groups excluding carboxylic acids is 1. The van der Waals surface area contributed by atoms with Crippen molar-refractivity contribution in [2.45, 2.75) is 52.7 Å². The number of aromatic nitrogens is 1. The smallest absolute Gasteiger partial charge is 0.413 e. The summed E-state index contributed by atoms with van der Waals surface area (Å²) in [5.74, 6) is -0.0607. The molecule has 0 atom stereocenters. The molecule has 0 saturated carbocycles. The Hall–Kier alpha value is -3.36. The van der Waals surface area contributed by atoms with Crippen LogP contribution in [0.15, 0.2) is 36.4 Å². The average Bonchev–Trinajstić information content (AvgIpc) is 2.65. The Balaban J connectivity index is 2.36. The van der Waals surface area contributed by atoms with Crippen LogP contribution in [0.2, 0.25) is 0 Å². The summed E-state index contributed by atoms with van der Waals surface area (Å²) in [5, 5.41) is 17.2. The highest BCUT2D eigenvalue weighted by Crippen LogP contribution is 2.35. The normalized spacial score (nSPS) is 10.9. The van der Waals surface area contributed by atoms with Gasteiger partial charge in [-0.25, -0.2) is 4.79 Å². The van der Waals surface area contributed by atoms with E-state index in [0.717, 1.165) is 18.4 Å². The molecule has 9 nitrogen and oxygen atoms in total. The number of hydrogen-bond acceptors (Lipinski definition) is 7. The van der Waals surface area contributed by atoms with Crippen LogP contribution in [-0.2, 0) is 11.3 Å². The van der Waals surface area contributed by atoms with Crippen molar-refractivity contribution in [3.63, 3.8) is 0 Å². The Bertz CT molecular complexity index is 866. The lowest BCUT2D eigenvalue weighted by atomic mass is 10.2. The molecule has 1 aromatic heterocycles. The summed E-state index contributed by atoms with van der Waals surface area (Å²) in [5.41, 5.74) is 0.0115. The largest absolute Gasteiger partial charge is 0.478 e. The summed E-state index contributed by atoms with van der Waals surface area (Å²) in [4.78, 5) is 27.5. The van der Waals surface area contributed by atoms with Gasteiger partial charge in [-0.15, -0.1) is 0 Å². The number of unbranched alkanes of at least 4 members (excludes halogenated alkanes) is 1. The third-order valence-corrected chi connectivity index (χ3v) is 3.84. The summed E-state index contributed by atoms with van der Waals surface area (Å²) in [6, 6.07) is 10.9. The average molecular weight is 416 g/mol. The summed E-state index contributed by atoms with van der Waals surface area (Å²) in [7, 11) is 0. The van der Waals surface area contributed by atoms with Crippen LogP contribution in [0.25, 0.3) is 0 Å². The number of carbonyl (C=O) groups is 1. The number of amides is 1. The number of ether oxygens (including phenoxy) is 2. The van der Waals surface area contributed by atoms with Crippen LogP contribution >= 0.6 is 0 Å². The predicted molar refractivity (Wildman–Crippen MR) is 115 cm³/mol. The molecule has 2 rings (SSSR count). The predicted octanol–water partition coefficient (Wildman–Crippen LogP) is 5.13. The van der Waals surface area contributed by atoms with Gasteiger partial charge in [-0.1, -0.05) is 43.7 Å². The Morgan fingerprint density at radius 2 is 1.93 bits per heavy atom. The lowest BCUT2D eigenvalue weighted by Gasteiger charge is -2.20. The van der Waals surface area contributed by atoms with Gasteiger partial charge in [-0.2, -0.15) is 4.98 Å². The fourth-order valence-electron chi connectivity index (χ4n) is 2.51. The lowest BCUT2D eigenvalue weighted by molar-refractivity contribution is -0.383. The quantitative estimate of drug-likeness (QED) is 0.331. The van der Waals surface area contributed by atoms with Gasteiger partial charge in [-0.05, 0) is 32.8 Å². The number of nitrogens with one attached hydrogen (secondary N) is 2. The maximum Gasteiger partial charge on any atom is 0.413 e. The third kappa shape index (κ3) is 7.23. The van der Waals surface area contributed by atoms with Crippen molar-refractivity contribution in [2.24, 2.45) is 0 Å². The summed E-state index contributed by atoms with van der Waals surface area (Å²) >= 11 is 0. The molecule has 0 unspecified atom stereocenters. The zero-order chi connectivity index (χ0) is 22.1. The molecule has 9 heteroatoms. The van der Waals surface area contributed by atoms with Gasteiger partial charge < -0.3 is 14.8 Å². The van der Waals surface area contributed by atoms with E-state index in [1.54, 1.807) is 20.8 Å². The number of anilines is 2. The summed E-state index contributed by atoms with van der Waals surface area (Å²) in [6.07, 6.45) is 0.896. The minimum atomic E-state index is -0.835. The number of nitrogens with zero attached hydrogens (tertiary/aromatic N) is 2. The first-order valence-electron chi connectivity index (χ1n) is 9.79. The van der Waals surface area contributed by atoms with Crippen molar-refractivity contribution >= 4 is 23.3 Å². The number of hydrogen-bond donors (Lipinski definition) is 2. The Labute approximate surface area is 175 Å². The molecule has 0 aliphatic rings. The fraction of sp³-hybridized carbons (Fsp3) is 0.429. The van der Waals surface area contributed by atoms with E-state index in [1.165, 1.54) is 6.07 Å². The number of rotatable bonds is 9. The van der Waals surface area contributed by atoms with E-state index in [9.17, 15) is 14.9 Å². The summed E-state index contributed by atoms with van der Waals surface area (Å²) < 4.78 is 10.8. The van der Waals surface area contributed by atoms with Gasteiger partial charge in [0, 0.05) is 12.6 Å². The van der Waals surface area contributed by atoms with E-state index in [4.69, 9.17) is 9.47 Å². The first-order valence-corrected chi connectivity index (χ1v) is 9.79. The zero-order valence-corrected chi connectivity index (χ0v) is 17.7. The first-order chi connectivity index (χ1) is 14.2. The van der Waals surface area contributed by atoms with Crippen LogP contribution in [0.1, 0.15) is 46.1 Å². The molecule has 0 radical (unpaired) electrons. The van der Waals surface area contributed by atoms with Crippen LogP contribution in [0.3, 0.4) is 0 Å². The van der Waals surface area contributed by atoms with E-state index in [-0.39, 0.29) is 23.1 Å². The molecule has 1 heterocycles. The van der Waals surface area contributed by atoms with Gasteiger partial charge in [-0.3, -0.25) is 15.4 Å². The molecular formula is C21H28N4O5. The van der Waals surface area contributed by atoms with E-state index in [2.05, 4.69) is 15.6 Å². The summed E-state index contributed by atoms with van der Waals surface area (Å²) in [6.45, 7) is 7.88. The highest BCUT2D eigenvalue weighted by molar-refractivity contribution is 5.89. The monoisotopic (exact) mass is 416 g/mol. The molecule has 162 valence electrons. The molecule has 0 saturated heterocycles. The second-order valence-corrected chi connectivity index (χ2v) is 7.63. The van der Waals surface area contributed by atoms with Gasteiger partial charge in [0.25, 0.3) is 0 Å². The van der Waals surface area contributed by atoms with Gasteiger partial charge in [0.05, 0.1) is 11.5 Å². The molecule has 1 aromatic carbocycles. The maximum absolute atomic E-state index is 12.2. The van der Waals surface area contributed by atoms with Crippen molar-refractivity contribution in [2.75, 3.05) is 17.2 Å². The van der Waals surface area contributed by atoms with Crippen LogP contribution in [0.4, 0.5) is 22.0 Å². The molecule has 1 amide bonds. The molecule has 30 heavy (non-hydrogen) atoms. The highest BCUT2D eigenvalue weighted by Gasteiger charge is 2.27. The molecule has 0 spiro atoms. The Morgan fingerprint density at radius 3 is 2.53 bits per heavy atom. The lowest BCUT2D eigenvalue weighted by Crippen LogP contribution is -2.28. The molecule has 2 N–H and O–H groups in total. The number of benzene rings is 1. The second-order valence-electron chi connectivity index (χ2n) is 7.63. The van der Waals surface area contributed by atoms with Crippen molar-refractivity contribution in [3.8, 4) is 5.88 Å². The standard InChI is InChI=1S/C21H28N4O5/c1-5-6-12-29-17-13-16(22-14-15-10-8-7-9-11-15)18(25(27)28)19(23-17)24-20(26)30-21(2,3)4/h7-11,13H,5-6,12,14H2,1-4H3,(H2,22,23,24,26). The second kappa shape index (κ2) is 10.4. The number of pyridine rings is 1. The van der Waals surface area contributed by atoms with Crippen LogP contribution in [-0.4, -0.2) is 28.2 Å². The van der Waals surface area contributed by atoms with Crippen molar-refractivity contribution in [1.82, 2.24) is 4.98 Å². The van der Waals surface area contributed by atoms with E-state index in [0.29, 0.717) is 13.2 Å². The SMILES string of the molecule is CCCCOc1cc(NCc2ccccc2)c([N+](=O)[O-])c(NC(=O)OC(C)(C)C)n1. The van der Waals surface area contributed by atoms with E-state index in [1.807, 2.05) is 37.3 Å². The first kappa shape index (κ1) is 22.9. The molecule has 2 aromatic rings. The van der Waals surface area contributed by atoms with Gasteiger partial charge >= 0.3 is 11.8 Å². The maximum atomic E-state index is 12.2. The molecule has 0 fully saturated rings. The third-order valence-electron chi connectivity index (χ3n) is 3.84. The number of nitro groups is 1. The van der Waals surface area contributed by atoms with Gasteiger partial charge in [0.1, 0.15) is 11.3 Å². The van der Waals surface area contributed by atoms with Crippen LogP contribution in [0.5, 0.6) is 5.88 Å². The minimum Gasteiger partial charge on any atom is -0.478 e. The Morgan fingerprint density at radius 1 is 1.23 bits per heavy atom. The Kier molecular flexibility index (Phi) is 7.97. The minimum absolute atomic E-state index is 0.177. The molecule has 0 aliphatic carbocycles. The highest BCUT2D eigenvalue weighted by atomic mass is 16.6. The molecule has 0 bridgehead atoms. The fourth-order valence-corrected chi connectivity index (χ4v) is 2.51. The van der Waals surface area contributed by atoms with Crippen molar-refractivity contribution in [1.29, 1.82) is 0 Å². The van der Waals surface area contributed by atoms with Crippen LogP contribution < -0.4 is 15.4 Å². The van der Waals surface area contributed by atoms with Crippen molar-refractivity contribution in [3.05, 3.63) is 52.1 Å². The molecular weight excluding hydrogens is 388 g/mol. The topological polar surface area (TPSA) is 116 Å².